The predicted octanol–water partition coefficient (Wildman–Crippen LogP) is 3.02. The van der Waals surface area contributed by atoms with E-state index < -0.39 is 24.7 Å². The second-order valence-corrected chi connectivity index (χ2v) is 7.59. The summed E-state index contributed by atoms with van der Waals surface area (Å²) in [6.07, 6.45) is -2.67. The third-order valence-corrected chi connectivity index (χ3v) is 5.21. The molecule has 1 saturated carbocycles. The number of halogens is 3. The standard InChI is InChI=1S/C16H20F3N5OS/c1-9-6-10(2)24-14(20-9)21-15(22-24)26-7-13(25)23(8-16(17,18)19)11(3)12-4-5-12/h6,11-12H,4-5,7-8H2,1-3H3/t11-/m0/s1. The van der Waals surface area contributed by atoms with Crippen LogP contribution in [0.15, 0.2) is 11.2 Å². The Kier molecular flexibility index (Phi) is 5.14. The van der Waals surface area contributed by atoms with Crippen LogP contribution in [0.5, 0.6) is 0 Å². The van der Waals surface area contributed by atoms with Gasteiger partial charge in [0.2, 0.25) is 11.1 Å². The maximum absolute atomic E-state index is 12.9. The molecule has 1 atom stereocenters. The number of amides is 1. The summed E-state index contributed by atoms with van der Waals surface area (Å²) < 4.78 is 40.1. The van der Waals surface area contributed by atoms with Crippen molar-refractivity contribution < 1.29 is 18.0 Å². The first-order valence-corrected chi connectivity index (χ1v) is 9.32. The third-order valence-electron chi connectivity index (χ3n) is 4.39. The lowest BCUT2D eigenvalue weighted by molar-refractivity contribution is -0.164. The van der Waals surface area contributed by atoms with Crippen LogP contribution in [-0.2, 0) is 4.79 Å². The summed E-state index contributed by atoms with van der Waals surface area (Å²) in [4.78, 5) is 21.9. The minimum Gasteiger partial charge on any atom is -0.330 e. The van der Waals surface area contributed by atoms with Crippen molar-refractivity contribution in [2.45, 2.75) is 51.0 Å². The fraction of sp³-hybridized carbons (Fsp3) is 0.625. The SMILES string of the molecule is Cc1cc(C)n2nc(SCC(=O)N(CC(F)(F)F)[C@@H](C)C3CC3)nc2n1. The smallest absolute Gasteiger partial charge is 0.330 e. The molecule has 0 radical (unpaired) electrons. The van der Waals surface area contributed by atoms with Crippen LogP contribution in [0.2, 0.25) is 0 Å². The fourth-order valence-corrected chi connectivity index (χ4v) is 3.61. The minimum absolute atomic E-state index is 0.137. The van der Waals surface area contributed by atoms with E-state index in [2.05, 4.69) is 15.1 Å². The van der Waals surface area contributed by atoms with Crippen LogP contribution in [0, 0.1) is 19.8 Å². The number of hydrogen-bond donors (Lipinski definition) is 0. The molecule has 26 heavy (non-hydrogen) atoms. The Morgan fingerprint density at radius 1 is 1.38 bits per heavy atom. The average Bonchev–Trinajstić information content (AvgIpc) is 3.29. The molecule has 0 bridgehead atoms. The Morgan fingerprint density at radius 2 is 2.08 bits per heavy atom. The summed E-state index contributed by atoms with van der Waals surface area (Å²) in [6.45, 7) is 4.17. The Labute approximate surface area is 153 Å². The number of aromatic nitrogens is 4. The highest BCUT2D eigenvalue weighted by Crippen LogP contribution is 2.36. The van der Waals surface area contributed by atoms with Gasteiger partial charge in [0.15, 0.2) is 0 Å². The molecule has 10 heteroatoms. The van der Waals surface area contributed by atoms with E-state index in [-0.39, 0.29) is 11.7 Å². The lowest BCUT2D eigenvalue weighted by Crippen LogP contribution is -2.46. The zero-order valence-electron chi connectivity index (χ0n) is 14.7. The molecule has 0 aliphatic heterocycles. The Hall–Kier alpha value is -1.84. The maximum atomic E-state index is 12.9. The second-order valence-electron chi connectivity index (χ2n) is 6.65. The molecule has 142 valence electrons. The predicted molar refractivity (Wildman–Crippen MR) is 90.9 cm³/mol. The molecule has 2 heterocycles. The molecule has 0 saturated heterocycles. The van der Waals surface area contributed by atoms with Gasteiger partial charge in [0.25, 0.3) is 5.78 Å². The molecule has 1 aliphatic carbocycles. The summed E-state index contributed by atoms with van der Waals surface area (Å²) in [5.74, 6) is -0.112. The van der Waals surface area contributed by atoms with E-state index in [1.54, 1.807) is 11.4 Å². The largest absolute Gasteiger partial charge is 0.406 e. The lowest BCUT2D eigenvalue weighted by Gasteiger charge is -2.30. The van der Waals surface area contributed by atoms with E-state index in [1.165, 1.54) is 0 Å². The Morgan fingerprint density at radius 3 is 2.69 bits per heavy atom. The van der Waals surface area contributed by atoms with Gasteiger partial charge in [0.05, 0.1) is 5.75 Å². The number of thioether (sulfide) groups is 1. The molecule has 0 spiro atoms. The molecule has 2 aromatic heterocycles. The van der Waals surface area contributed by atoms with E-state index in [4.69, 9.17) is 0 Å². The molecule has 0 unspecified atom stereocenters. The number of carbonyl (C=O) groups is 1. The van der Waals surface area contributed by atoms with E-state index in [9.17, 15) is 18.0 Å². The summed E-state index contributed by atoms with van der Waals surface area (Å²) >= 11 is 1.03. The molecular formula is C16H20F3N5OS. The quantitative estimate of drug-likeness (QED) is 0.713. The molecule has 1 fully saturated rings. The van der Waals surface area contributed by atoms with E-state index in [0.29, 0.717) is 10.9 Å². The number of carbonyl (C=O) groups excluding carboxylic acids is 1. The topological polar surface area (TPSA) is 63.4 Å². The van der Waals surface area contributed by atoms with Gasteiger partial charge in [-0.2, -0.15) is 18.2 Å². The van der Waals surface area contributed by atoms with E-state index >= 15 is 0 Å². The van der Waals surface area contributed by atoms with Crippen molar-refractivity contribution in [3.8, 4) is 0 Å². The highest BCUT2D eigenvalue weighted by Gasteiger charge is 2.40. The molecule has 2 aromatic rings. The molecule has 0 N–H and O–H groups in total. The Bertz CT molecular complexity index is 818. The van der Waals surface area contributed by atoms with E-state index in [0.717, 1.165) is 40.9 Å². The van der Waals surface area contributed by atoms with Gasteiger partial charge in [-0.1, -0.05) is 11.8 Å². The average molecular weight is 387 g/mol. The summed E-state index contributed by atoms with van der Waals surface area (Å²) in [7, 11) is 0. The summed E-state index contributed by atoms with van der Waals surface area (Å²) in [5.41, 5.74) is 1.64. The summed E-state index contributed by atoms with van der Waals surface area (Å²) in [6, 6.07) is 1.44. The van der Waals surface area contributed by atoms with Crippen molar-refractivity contribution in [3.05, 3.63) is 17.5 Å². The van der Waals surface area contributed by atoms with Crippen LogP contribution in [0.4, 0.5) is 13.2 Å². The maximum Gasteiger partial charge on any atom is 0.406 e. The fourth-order valence-electron chi connectivity index (χ4n) is 2.90. The van der Waals surface area contributed by atoms with Crippen molar-refractivity contribution in [1.82, 2.24) is 24.5 Å². The number of nitrogens with zero attached hydrogens (tertiary/aromatic N) is 5. The van der Waals surface area contributed by atoms with Crippen LogP contribution in [0.25, 0.3) is 5.78 Å². The van der Waals surface area contributed by atoms with E-state index in [1.807, 2.05) is 19.9 Å². The first-order chi connectivity index (χ1) is 12.1. The van der Waals surface area contributed by atoms with Crippen LogP contribution in [0.3, 0.4) is 0 Å². The number of aryl methyl sites for hydroxylation is 2. The van der Waals surface area contributed by atoms with Crippen molar-refractivity contribution in [2.75, 3.05) is 12.3 Å². The first kappa shape index (κ1) is 18.9. The number of alkyl halides is 3. The van der Waals surface area contributed by atoms with Gasteiger partial charge in [-0.15, -0.1) is 5.10 Å². The summed E-state index contributed by atoms with van der Waals surface area (Å²) in [5, 5.41) is 4.59. The van der Waals surface area contributed by atoms with Crippen LogP contribution in [-0.4, -0.2) is 54.9 Å². The number of rotatable bonds is 6. The van der Waals surface area contributed by atoms with Crippen molar-refractivity contribution in [2.24, 2.45) is 5.92 Å². The number of fused-ring (bicyclic) bond motifs is 1. The molecule has 1 amide bonds. The third kappa shape index (κ3) is 4.46. The van der Waals surface area contributed by atoms with Gasteiger partial charge in [-0.3, -0.25) is 4.79 Å². The minimum atomic E-state index is -4.41. The van der Waals surface area contributed by atoms with Crippen molar-refractivity contribution in [3.63, 3.8) is 0 Å². The van der Waals surface area contributed by atoms with Gasteiger partial charge >= 0.3 is 6.18 Å². The normalized spacial score (nSPS) is 16.1. The van der Waals surface area contributed by atoms with Crippen LogP contribution < -0.4 is 0 Å². The van der Waals surface area contributed by atoms with Crippen LogP contribution in [0.1, 0.15) is 31.2 Å². The highest BCUT2D eigenvalue weighted by molar-refractivity contribution is 7.99. The van der Waals surface area contributed by atoms with Crippen LogP contribution >= 0.6 is 11.8 Å². The first-order valence-electron chi connectivity index (χ1n) is 8.34. The van der Waals surface area contributed by atoms with Crippen molar-refractivity contribution >= 4 is 23.4 Å². The molecular weight excluding hydrogens is 367 g/mol. The van der Waals surface area contributed by atoms with Gasteiger partial charge < -0.3 is 4.90 Å². The molecule has 1 aliphatic rings. The highest BCUT2D eigenvalue weighted by atomic mass is 32.2. The zero-order chi connectivity index (χ0) is 19.1. The molecule has 0 aromatic carbocycles. The van der Waals surface area contributed by atoms with Gasteiger partial charge in [-0.25, -0.2) is 9.50 Å². The molecule has 3 rings (SSSR count). The second kappa shape index (κ2) is 7.05. The van der Waals surface area contributed by atoms with Gasteiger partial charge in [-0.05, 0) is 45.6 Å². The zero-order valence-corrected chi connectivity index (χ0v) is 15.6. The number of hydrogen-bond acceptors (Lipinski definition) is 5. The van der Waals surface area contributed by atoms with Gasteiger partial charge in [0, 0.05) is 17.4 Å². The monoisotopic (exact) mass is 387 g/mol. The van der Waals surface area contributed by atoms with Gasteiger partial charge in [0.1, 0.15) is 6.54 Å². The Balaban J connectivity index is 1.70. The lowest BCUT2D eigenvalue weighted by atomic mass is 10.2. The molecule has 6 nitrogen and oxygen atoms in total. The van der Waals surface area contributed by atoms with Crippen molar-refractivity contribution in [1.29, 1.82) is 0 Å².